The van der Waals surface area contributed by atoms with E-state index in [2.05, 4.69) is 61.2 Å². The predicted molar refractivity (Wildman–Crippen MR) is 78.7 cm³/mol. The normalized spacial score (nSPS) is 13.4. The van der Waals surface area contributed by atoms with Crippen molar-refractivity contribution in [3.8, 4) is 0 Å². The molecule has 1 unspecified atom stereocenters. The highest BCUT2D eigenvalue weighted by molar-refractivity contribution is 5.67. The molecule has 1 atom stereocenters. The molecule has 0 saturated carbocycles. The van der Waals surface area contributed by atoms with E-state index in [4.69, 9.17) is 0 Å². The summed E-state index contributed by atoms with van der Waals surface area (Å²) in [5, 5.41) is 7.97. The molecule has 2 heterocycles. The van der Waals surface area contributed by atoms with E-state index in [1.54, 1.807) is 6.20 Å². The molecule has 0 fully saturated rings. The fourth-order valence-corrected chi connectivity index (χ4v) is 1.79. The summed E-state index contributed by atoms with van der Waals surface area (Å²) < 4.78 is 1.89. The first-order valence-electron chi connectivity index (χ1n) is 6.73. The van der Waals surface area contributed by atoms with Gasteiger partial charge in [0.15, 0.2) is 5.82 Å². The molecular formula is C14H23N5. The number of nitrogens with one attached hydrogen (secondary N) is 1. The van der Waals surface area contributed by atoms with Gasteiger partial charge in [-0.15, -0.1) is 0 Å². The summed E-state index contributed by atoms with van der Waals surface area (Å²) in [5.41, 5.74) is 2.13. The number of hydrogen-bond donors (Lipinski definition) is 1. The minimum Gasteiger partial charge on any atom is -0.367 e. The highest BCUT2D eigenvalue weighted by atomic mass is 15.2. The Labute approximate surface area is 114 Å². The molecule has 0 aromatic carbocycles. The van der Waals surface area contributed by atoms with E-state index < -0.39 is 0 Å². The monoisotopic (exact) mass is 261 g/mol. The van der Waals surface area contributed by atoms with Crippen molar-refractivity contribution in [3.05, 3.63) is 24.2 Å². The molecule has 5 heteroatoms. The topological polar surface area (TPSA) is 45.5 Å². The number of anilines is 1. The van der Waals surface area contributed by atoms with E-state index in [-0.39, 0.29) is 0 Å². The van der Waals surface area contributed by atoms with Crippen LogP contribution in [0.25, 0.3) is 5.52 Å². The Kier molecular flexibility index (Phi) is 4.04. The van der Waals surface area contributed by atoms with Gasteiger partial charge in [-0.25, -0.2) is 9.50 Å². The molecule has 0 aliphatic carbocycles. The Morgan fingerprint density at radius 3 is 2.68 bits per heavy atom. The van der Waals surface area contributed by atoms with Gasteiger partial charge in [0.05, 0.1) is 5.69 Å². The van der Waals surface area contributed by atoms with E-state index in [9.17, 15) is 0 Å². The van der Waals surface area contributed by atoms with Gasteiger partial charge in [-0.2, -0.15) is 5.10 Å². The van der Waals surface area contributed by atoms with Crippen LogP contribution in [0.3, 0.4) is 0 Å². The third kappa shape index (κ3) is 3.04. The minimum absolute atomic E-state index is 0.424. The van der Waals surface area contributed by atoms with E-state index in [1.807, 2.05) is 10.7 Å². The number of nitrogens with zero attached hydrogens (tertiary/aromatic N) is 4. The molecule has 0 saturated heterocycles. The van der Waals surface area contributed by atoms with E-state index >= 15 is 0 Å². The van der Waals surface area contributed by atoms with Crippen LogP contribution in [0.4, 0.5) is 5.82 Å². The molecule has 2 aromatic rings. The van der Waals surface area contributed by atoms with Gasteiger partial charge >= 0.3 is 0 Å². The largest absolute Gasteiger partial charge is 0.367 e. The molecule has 0 spiro atoms. The molecule has 0 aliphatic rings. The summed E-state index contributed by atoms with van der Waals surface area (Å²) in [6.07, 6.45) is 3.68. The first kappa shape index (κ1) is 13.8. The molecule has 0 aliphatic heterocycles. The number of aromatic nitrogens is 3. The van der Waals surface area contributed by atoms with Gasteiger partial charge in [0.2, 0.25) is 0 Å². The number of hydrogen-bond acceptors (Lipinski definition) is 4. The number of fused-ring (bicyclic) bond motifs is 1. The number of likely N-dealkylation sites (N-methyl/N-ethyl adjacent to an activating group) is 1. The third-order valence-electron chi connectivity index (χ3n) is 3.45. The Morgan fingerprint density at radius 2 is 2.05 bits per heavy atom. The van der Waals surface area contributed by atoms with Crippen molar-refractivity contribution in [2.75, 3.05) is 26.0 Å². The summed E-state index contributed by atoms with van der Waals surface area (Å²) >= 11 is 0. The SMILES string of the molecule is CC(C)c1cc2c(NCC(C)N(C)C)nccn2n1. The minimum atomic E-state index is 0.424. The first-order valence-corrected chi connectivity index (χ1v) is 6.73. The predicted octanol–water partition coefficient (Wildman–Crippen LogP) is 2.21. The standard InChI is InChI=1S/C14H23N5/c1-10(2)12-8-13-14(15-6-7-19(13)17-12)16-9-11(3)18(4)5/h6-8,10-11H,9H2,1-5H3,(H,15,16). The highest BCUT2D eigenvalue weighted by Gasteiger charge is 2.11. The molecule has 0 radical (unpaired) electrons. The molecule has 1 N–H and O–H groups in total. The second-order valence-corrected chi connectivity index (χ2v) is 5.52. The van der Waals surface area contributed by atoms with Gasteiger partial charge in [-0.3, -0.25) is 0 Å². The van der Waals surface area contributed by atoms with E-state index in [0.717, 1.165) is 23.6 Å². The van der Waals surface area contributed by atoms with Gasteiger partial charge < -0.3 is 10.2 Å². The summed E-state index contributed by atoms with van der Waals surface area (Å²) in [4.78, 5) is 6.60. The Balaban J connectivity index is 2.23. The number of rotatable bonds is 5. The van der Waals surface area contributed by atoms with Crippen LogP contribution in [0, 0.1) is 0 Å². The zero-order chi connectivity index (χ0) is 14.0. The van der Waals surface area contributed by atoms with Crippen LogP contribution in [-0.4, -0.2) is 46.2 Å². The molecule has 2 rings (SSSR count). The molecule has 0 bridgehead atoms. The summed E-state index contributed by atoms with van der Waals surface area (Å²) in [5.74, 6) is 1.32. The average molecular weight is 261 g/mol. The lowest BCUT2D eigenvalue weighted by Gasteiger charge is -2.20. The first-order chi connectivity index (χ1) is 8.99. The second kappa shape index (κ2) is 5.57. The summed E-state index contributed by atoms with van der Waals surface area (Å²) in [7, 11) is 4.16. The van der Waals surface area contributed by atoms with Crippen molar-refractivity contribution in [2.24, 2.45) is 0 Å². The van der Waals surface area contributed by atoms with Crippen molar-refractivity contribution in [1.82, 2.24) is 19.5 Å². The maximum atomic E-state index is 4.56. The van der Waals surface area contributed by atoms with Gasteiger partial charge in [0, 0.05) is 25.0 Å². The smallest absolute Gasteiger partial charge is 0.152 e. The van der Waals surface area contributed by atoms with Crippen LogP contribution in [0.5, 0.6) is 0 Å². The zero-order valence-electron chi connectivity index (χ0n) is 12.4. The quantitative estimate of drug-likeness (QED) is 0.896. The van der Waals surface area contributed by atoms with Crippen molar-refractivity contribution < 1.29 is 0 Å². The van der Waals surface area contributed by atoms with Gasteiger partial charge in [-0.05, 0) is 33.0 Å². The van der Waals surface area contributed by atoms with Gasteiger partial charge in [0.1, 0.15) is 5.52 Å². The van der Waals surface area contributed by atoms with Crippen LogP contribution in [0.15, 0.2) is 18.5 Å². The highest BCUT2D eigenvalue weighted by Crippen LogP contribution is 2.19. The summed E-state index contributed by atoms with van der Waals surface area (Å²) in [6, 6.07) is 2.56. The summed E-state index contributed by atoms with van der Waals surface area (Å²) in [6.45, 7) is 7.35. The molecular weight excluding hydrogens is 238 g/mol. The second-order valence-electron chi connectivity index (χ2n) is 5.52. The van der Waals surface area contributed by atoms with Crippen LogP contribution < -0.4 is 5.32 Å². The lowest BCUT2D eigenvalue weighted by atomic mass is 10.1. The maximum Gasteiger partial charge on any atom is 0.152 e. The fourth-order valence-electron chi connectivity index (χ4n) is 1.79. The van der Waals surface area contributed by atoms with Crippen molar-refractivity contribution >= 4 is 11.3 Å². The van der Waals surface area contributed by atoms with Crippen LogP contribution in [-0.2, 0) is 0 Å². The average Bonchev–Trinajstić information content (AvgIpc) is 2.80. The Morgan fingerprint density at radius 1 is 1.32 bits per heavy atom. The van der Waals surface area contributed by atoms with Crippen LogP contribution >= 0.6 is 0 Å². The molecule has 104 valence electrons. The molecule has 5 nitrogen and oxygen atoms in total. The van der Waals surface area contributed by atoms with E-state index in [1.165, 1.54) is 0 Å². The van der Waals surface area contributed by atoms with Crippen molar-refractivity contribution in [1.29, 1.82) is 0 Å². The fraction of sp³-hybridized carbons (Fsp3) is 0.571. The molecule has 0 amide bonds. The lowest BCUT2D eigenvalue weighted by Crippen LogP contribution is -2.31. The maximum absolute atomic E-state index is 4.56. The lowest BCUT2D eigenvalue weighted by molar-refractivity contribution is 0.326. The zero-order valence-corrected chi connectivity index (χ0v) is 12.4. The van der Waals surface area contributed by atoms with Crippen molar-refractivity contribution in [2.45, 2.75) is 32.7 Å². The Hall–Kier alpha value is -1.62. The van der Waals surface area contributed by atoms with Crippen LogP contribution in [0.1, 0.15) is 32.4 Å². The third-order valence-corrected chi connectivity index (χ3v) is 3.45. The Bertz CT molecular complexity index is 544. The van der Waals surface area contributed by atoms with E-state index in [0.29, 0.717) is 12.0 Å². The van der Waals surface area contributed by atoms with Crippen molar-refractivity contribution in [3.63, 3.8) is 0 Å². The van der Waals surface area contributed by atoms with Crippen LogP contribution in [0.2, 0.25) is 0 Å². The molecule has 19 heavy (non-hydrogen) atoms. The molecule has 2 aromatic heterocycles. The van der Waals surface area contributed by atoms with Gasteiger partial charge in [0.25, 0.3) is 0 Å². The van der Waals surface area contributed by atoms with Gasteiger partial charge in [-0.1, -0.05) is 13.8 Å².